The van der Waals surface area contributed by atoms with Crippen LogP contribution in [-0.2, 0) is 14.3 Å². The van der Waals surface area contributed by atoms with Crippen molar-refractivity contribution in [2.45, 2.75) is 86.9 Å². The van der Waals surface area contributed by atoms with E-state index >= 15 is 0 Å². The molecule has 5 fully saturated rings. The number of esters is 1. The molecule has 0 aromatic rings. The maximum absolute atomic E-state index is 13.0. The zero-order chi connectivity index (χ0) is 17.7. The van der Waals surface area contributed by atoms with Gasteiger partial charge in [0.25, 0.3) is 0 Å². The van der Waals surface area contributed by atoms with Crippen LogP contribution in [0.15, 0.2) is 0 Å². The molecule has 0 spiro atoms. The van der Waals surface area contributed by atoms with Gasteiger partial charge in [0, 0.05) is 10.7 Å². The standard InChI is InChI=1S/C20H30BrNO3/c1-25-17(24)20(5-3-2-4-6-20)22-16(23)12-18-8-14-7-15(9-18)11-19(21,10-14)13-18/h14-15H,2-13H2,1H3,(H,22,23). The van der Waals surface area contributed by atoms with Crippen LogP contribution < -0.4 is 5.32 Å². The van der Waals surface area contributed by atoms with Crippen LogP contribution in [0.2, 0.25) is 0 Å². The van der Waals surface area contributed by atoms with Gasteiger partial charge in [-0.15, -0.1) is 0 Å². The Morgan fingerprint density at radius 1 is 1.08 bits per heavy atom. The number of rotatable bonds is 4. The van der Waals surface area contributed by atoms with E-state index in [1.165, 1.54) is 39.2 Å². The smallest absolute Gasteiger partial charge is 0.331 e. The second-order valence-corrected chi connectivity index (χ2v) is 11.2. The molecule has 5 rings (SSSR count). The minimum Gasteiger partial charge on any atom is -0.467 e. The highest BCUT2D eigenvalue weighted by atomic mass is 79.9. The Bertz CT molecular complexity index is 555. The molecule has 4 nitrogen and oxygen atoms in total. The van der Waals surface area contributed by atoms with Crippen molar-refractivity contribution in [2.75, 3.05) is 7.11 Å². The Morgan fingerprint density at radius 2 is 1.72 bits per heavy atom. The van der Waals surface area contributed by atoms with Gasteiger partial charge in [-0.2, -0.15) is 0 Å². The quantitative estimate of drug-likeness (QED) is 0.559. The number of methoxy groups -OCH3 is 1. The lowest BCUT2D eigenvalue weighted by Gasteiger charge is -2.60. The molecule has 2 unspecified atom stereocenters. The predicted molar refractivity (Wildman–Crippen MR) is 99.4 cm³/mol. The third-order valence-corrected chi connectivity index (χ3v) is 8.24. The Kier molecular flexibility index (Phi) is 4.45. The minimum atomic E-state index is -0.779. The largest absolute Gasteiger partial charge is 0.467 e. The molecule has 0 aromatic carbocycles. The molecule has 2 atom stereocenters. The number of nitrogens with one attached hydrogen (secondary N) is 1. The summed E-state index contributed by atoms with van der Waals surface area (Å²) < 4.78 is 5.31. The summed E-state index contributed by atoms with van der Waals surface area (Å²) in [6.45, 7) is 0. The molecule has 140 valence electrons. The first-order valence-electron chi connectivity index (χ1n) is 9.94. The lowest BCUT2D eigenvalue weighted by atomic mass is 9.48. The SMILES string of the molecule is COC(=O)C1(NC(=O)CC23CC4CC(CC(Br)(C4)C2)C3)CCCCC1. The van der Waals surface area contributed by atoms with E-state index in [1.807, 2.05) is 0 Å². The Labute approximate surface area is 159 Å². The molecule has 0 radical (unpaired) electrons. The Balaban J connectivity index is 1.47. The maximum Gasteiger partial charge on any atom is 0.331 e. The number of hydrogen-bond donors (Lipinski definition) is 1. The third-order valence-electron chi connectivity index (χ3n) is 7.31. The minimum absolute atomic E-state index is 0.0605. The number of alkyl halides is 1. The average Bonchev–Trinajstić information content (AvgIpc) is 2.51. The van der Waals surface area contributed by atoms with E-state index in [4.69, 9.17) is 4.74 Å². The normalized spacial score (nSPS) is 41.4. The molecule has 4 bridgehead atoms. The summed E-state index contributed by atoms with van der Waals surface area (Å²) in [4.78, 5) is 25.4. The van der Waals surface area contributed by atoms with Crippen molar-refractivity contribution < 1.29 is 14.3 Å². The molecular weight excluding hydrogens is 382 g/mol. The number of halogens is 1. The van der Waals surface area contributed by atoms with Gasteiger partial charge < -0.3 is 10.1 Å². The fourth-order valence-electron chi connectivity index (χ4n) is 6.93. The van der Waals surface area contributed by atoms with Crippen molar-refractivity contribution >= 4 is 27.8 Å². The van der Waals surface area contributed by atoms with Crippen molar-refractivity contribution in [1.29, 1.82) is 0 Å². The zero-order valence-electron chi connectivity index (χ0n) is 15.2. The molecule has 0 saturated heterocycles. The highest BCUT2D eigenvalue weighted by Crippen LogP contribution is 2.65. The second-order valence-electron chi connectivity index (χ2n) is 9.47. The first-order chi connectivity index (χ1) is 11.9. The Morgan fingerprint density at radius 3 is 2.28 bits per heavy atom. The lowest BCUT2D eigenvalue weighted by Crippen LogP contribution is -2.58. The zero-order valence-corrected chi connectivity index (χ0v) is 16.8. The molecule has 5 aliphatic rings. The summed E-state index contributed by atoms with van der Waals surface area (Å²) in [6.07, 6.45) is 12.5. The van der Waals surface area contributed by atoms with E-state index < -0.39 is 5.54 Å². The monoisotopic (exact) mass is 411 g/mol. The van der Waals surface area contributed by atoms with Gasteiger partial charge >= 0.3 is 5.97 Å². The molecule has 5 heteroatoms. The molecule has 1 N–H and O–H groups in total. The Hall–Kier alpha value is -0.580. The van der Waals surface area contributed by atoms with Gasteiger partial charge in [-0.05, 0) is 68.6 Å². The van der Waals surface area contributed by atoms with Gasteiger partial charge in [0.05, 0.1) is 7.11 Å². The van der Waals surface area contributed by atoms with Gasteiger partial charge in [0.15, 0.2) is 0 Å². The van der Waals surface area contributed by atoms with E-state index in [0.29, 0.717) is 19.3 Å². The van der Waals surface area contributed by atoms with Gasteiger partial charge in [-0.25, -0.2) is 4.79 Å². The summed E-state index contributed by atoms with van der Waals surface area (Å²) in [5.41, 5.74) is -0.637. The maximum atomic E-state index is 13.0. The van der Waals surface area contributed by atoms with E-state index in [-0.39, 0.29) is 21.6 Å². The van der Waals surface area contributed by atoms with Crippen LogP contribution in [0.1, 0.15) is 77.0 Å². The summed E-state index contributed by atoms with van der Waals surface area (Å²) in [7, 11) is 1.43. The van der Waals surface area contributed by atoms with Crippen LogP contribution in [0.3, 0.4) is 0 Å². The third kappa shape index (κ3) is 3.26. The predicted octanol–water partition coefficient (Wildman–Crippen LogP) is 4.10. The van der Waals surface area contributed by atoms with Crippen LogP contribution in [0, 0.1) is 17.3 Å². The van der Waals surface area contributed by atoms with Crippen LogP contribution in [0.5, 0.6) is 0 Å². The van der Waals surface area contributed by atoms with Gasteiger partial charge in [-0.1, -0.05) is 35.2 Å². The molecular formula is C20H30BrNO3. The van der Waals surface area contributed by atoms with Crippen LogP contribution in [0.25, 0.3) is 0 Å². The summed E-state index contributed by atoms with van der Waals surface area (Å²) in [5.74, 6) is 1.35. The number of carbonyl (C=O) groups excluding carboxylic acids is 2. The number of hydrogen-bond acceptors (Lipinski definition) is 3. The van der Waals surface area contributed by atoms with E-state index in [0.717, 1.165) is 37.5 Å². The van der Waals surface area contributed by atoms with Crippen LogP contribution in [0.4, 0.5) is 0 Å². The van der Waals surface area contributed by atoms with Gasteiger partial charge in [0.1, 0.15) is 5.54 Å². The van der Waals surface area contributed by atoms with Gasteiger partial charge in [-0.3, -0.25) is 4.79 Å². The first-order valence-corrected chi connectivity index (χ1v) is 10.7. The van der Waals surface area contributed by atoms with E-state index in [1.54, 1.807) is 0 Å². The molecule has 0 aromatic heterocycles. The van der Waals surface area contributed by atoms with Crippen molar-refractivity contribution in [1.82, 2.24) is 5.32 Å². The molecule has 0 aliphatic heterocycles. The molecule has 1 amide bonds. The van der Waals surface area contributed by atoms with Crippen molar-refractivity contribution in [3.8, 4) is 0 Å². The fourth-order valence-corrected chi connectivity index (χ4v) is 8.44. The fraction of sp³-hybridized carbons (Fsp3) is 0.900. The molecule has 25 heavy (non-hydrogen) atoms. The van der Waals surface area contributed by atoms with E-state index in [2.05, 4.69) is 21.2 Å². The van der Waals surface area contributed by atoms with Crippen LogP contribution in [-0.4, -0.2) is 28.8 Å². The summed E-state index contributed by atoms with van der Waals surface area (Å²) in [6, 6.07) is 0. The summed E-state index contributed by atoms with van der Waals surface area (Å²) >= 11 is 4.02. The van der Waals surface area contributed by atoms with E-state index in [9.17, 15) is 9.59 Å². The highest BCUT2D eigenvalue weighted by molar-refractivity contribution is 9.10. The number of carbonyl (C=O) groups is 2. The van der Waals surface area contributed by atoms with Crippen molar-refractivity contribution in [2.24, 2.45) is 17.3 Å². The lowest BCUT2D eigenvalue weighted by molar-refractivity contribution is -0.153. The van der Waals surface area contributed by atoms with Gasteiger partial charge in [0.2, 0.25) is 5.91 Å². The summed E-state index contributed by atoms with van der Waals surface area (Å²) in [5, 5.41) is 3.14. The second kappa shape index (κ2) is 6.24. The topological polar surface area (TPSA) is 55.4 Å². The van der Waals surface area contributed by atoms with Crippen LogP contribution >= 0.6 is 15.9 Å². The number of amides is 1. The molecule has 0 heterocycles. The van der Waals surface area contributed by atoms with Crippen molar-refractivity contribution in [3.05, 3.63) is 0 Å². The molecule has 5 saturated carbocycles. The highest BCUT2D eigenvalue weighted by Gasteiger charge is 2.57. The first kappa shape index (κ1) is 17.8. The number of ether oxygens (including phenoxy) is 1. The average molecular weight is 412 g/mol. The molecule has 5 aliphatic carbocycles. The van der Waals surface area contributed by atoms with Crippen molar-refractivity contribution in [3.63, 3.8) is 0 Å².